The van der Waals surface area contributed by atoms with Gasteiger partial charge in [0.1, 0.15) is 17.0 Å². The first-order valence-corrected chi connectivity index (χ1v) is 9.79. The van der Waals surface area contributed by atoms with Gasteiger partial charge in [-0.1, -0.05) is 0 Å². The third kappa shape index (κ3) is 3.22. The first-order valence-electron chi connectivity index (χ1n) is 8.97. The van der Waals surface area contributed by atoms with Crippen LogP contribution in [0.1, 0.15) is 29.7 Å². The zero-order valence-electron chi connectivity index (χ0n) is 14.7. The topological polar surface area (TPSA) is 67.4 Å². The quantitative estimate of drug-likeness (QED) is 0.911. The molecule has 0 radical (unpaired) electrons. The summed E-state index contributed by atoms with van der Waals surface area (Å²) in [5, 5.41) is 4.36. The number of ether oxygens (including phenoxy) is 1. The van der Waals surface area contributed by atoms with Gasteiger partial charge in [-0.3, -0.25) is 4.79 Å². The van der Waals surface area contributed by atoms with Gasteiger partial charge in [0.25, 0.3) is 0 Å². The molecule has 25 heavy (non-hydrogen) atoms. The number of carbonyl (C=O) groups excluding carboxylic acids is 1. The number of amides is 1. The van der Waals surface area contributed by atoms with E-state index in [0.29, 0.717) is 0 Å². The second-order valence-corrected chi connectivity index (χ2v) is 8.19. The molecule has 0 aliphatic carbocycles. The second kappa shape index (κ2) is 6.88. The standard InChI is InChI=1S/C18H24N4O2S/c1-11-12(2)25-18-15(11)16(19-10-20-18)22-6-3-13(9-22)17(23)21-14-4-7-24-8-5-14/h10,13-14H,3-9H2,1-2H3,(H,21,23). The first-order chi connectivity index (χ1) is 12.1. The summed E-state index contributed by atoms with van der Waals surface area (Å²) in [6, 6.07) is 0.267. The minimum absolute atomic E-state index is 0.0351. The van der Waals surface area contributed by atoms with Crippen molar-refractivity contribution < 1.29 is 9.53 Å². The number of rotatable bonds is 3. The highest BCUT2D eigenvalue weighted by Crippen LogP contribution is 2.36. The largest absolute Gasteiger partial charge is 0.381 e. The SMILES string of the molecule is Cc1sc2ncnc(N3CCC(C(=O)NC4CCOCC4)C3)c2c1C. The molecule has 7 heteroatoms. The molecule has 134 valence electrons. The van der Waals surface area contributed by atoms with E-state index in [0.717, 1.165) is 61.6 Å². The van der Waals surface area contributed by atoms with Crippen molar-refractivity contribution in [1.82, 2.24) is 15.3 Å². The van der Waals surface area contributed by atoms with Gasteiger partial charge in [-0.05, 0) is 38.7 Å². The number of nitrogens with one attached hydrogen (secondary N) is 1. The van der Waals surface area contributed by atoms with Crippen LogP contribution < -0.4 is 10.2 Å². The molecule has 2 saturated heterocycles. The van der Waals surface area contributed by atoms with Crippen LogP contribution in [0.15, 0.2) is 6.33 Å². The van der Waals surface area contributed by atoms with E-state index in [1.807, 2.05) is 0 Å². The van der Waals surface area contributed by atoms with Crippen LogP contribution in [0.25, 0.3) is 10.2 Å². The molecule has 2 aliphatic heterocycles. The van der Waals surface area contributed by atoms with Gasteiger partial charge in [0.05, 0.1) is 11.3 Å². The molecule has 2 aromatic heterocycles. The smallest absolute Gasteiger partial charge is 0.225 e. The first kappa shape index (κ1) is 16.7. The Morgan fingerprint density at radius 1 is 1.28 bits per heavy atom. The van der Waals surface area contributed by atoms with Crippen LogP contribution in [0.5, 0.6) is 0 Å². The van der Waals surface area contributed by atoms with E-state index in [9.17, 15) is 4.79 Å². The van der Waals surface area contributed by atoms with E-state index in [1.54, 1.807) is 17.7 Å². The van der Waals surface area contributed by atoms with Crippen molar-refractivity contribution in [2.24, 2.45) is 5.92 Å². The lowest BCUT2D eigenvalue weighted by molar-refractivity contribution is -0.125. The summed E-state index contributed by atoms with van der Waals surface area (Å²) in [5.41, 5.74) is 1.26. The average molecular weight is 360 g/mol. The average Bonchev–Trinajstić information content (AvgIpc) is 3.22. The number of anilines is 1. The summed E-state index contributed by atoms with van der Waals surface area (Å²) in [6.45, 7) is 7.35. The number of aryl methyl sites for hydroxylation is 2. The Kier molecular flexibility index (Phi) is 4.60. The van der Waals surface area contributed by atoms with Crippen LogP contribution in [0.4, 0.5) is 5.82 Å². The van der Waals surface area contributed by atoms with Crippen molar-refractivity contribution in [3.63, 3.8) is 0 Å². The Morgan fingerprint density at radius 3 is 2.88 bits per heavy atom. The van der Waals surface area contributed by atoms with Crippen molar-refractivity contribution >= 4 is 33.3 Å². The number of carbonyl (C=O) groups is 1. The Balaban J connectivity index is 1.48. The molecule has 4 heterocycles. The van der Waals surface area contributed by atoms with Crippen molar-refractivity contribution in [2.75, 3.05) is 31.2 Å². The predicted octanol–water partition coefficient (Wildman–Crippen LogP) is 2.43. The van der Waals surface area contributed by atoms with Crippen LogP contribution in [-0.2, 0) is 9.53 Å². The zero-order chi connectivity index (χ0) is 17.4. The van der Waals surface area contributed by atoms with Crippen LogP contribution in [0.3, 0.4) is 0 Å². The van der Waals surface area contributed by atoms with Crippen LogP contribution in [0, 0.1) is 19.8 Å². The normalized spacial score (nSPS) is 21.8. The number of thiophene rings is 1. The van der Waals surface area contributed by atoms with Gasteiger partial charge in [-0.15, -0.1) is 11.3 Å². The lowest BCUT2D eigenvalue weighted by Gasteiger charge is -2.24. The predicted molar refractivity (Wildman–Crippen MR) is 99.2 cm³/mol. The van der Waals surface area contributed by atoms with Crippen LogP contribution in [0.2, 0.25) is 0 Å². The highest BCUT2D eigenvalue weighted by Gasteiger charge is 2.31. The summed E-state index contributed by atoms with van der Waals surface area (Å²) in [6.07, 6.45) is 4.36. The maximum absolute atomic E-state index is 12.6. The van der Waals surface area contributed by atoms with E-state index < -0.39 is 0 Å². The number of hydrogen-bond donors (Lipinski definition) is 1. The van der Waals surface area contributed by atoms with Gasteiger partial charge in [-0.25, -0.2) is 9.97 Å². The molecule has 1 atom stereocenters. The van der Waals surface area contributed by atoms with E-state index in [4.69, 9.17) is 4.74 Å². The maximum atomic E-state index is 12.6. The van der Waals surface area contributed by atoms with E-state index in [2.05, 4.69) is 34.0 Å². The fraction of sp³-hybridized carbons (Fsp3) is 0.611. The maximum Gasteiger partial charge on any atom is 0.225 e. The fourth-order valence-corrected chi connectivity index (χ4v) is 4.72. The molecule has 0 spiro atoms. The van der Waals surface area contributed by atoms with Crippen LogP contribution >= 0.6 is 11.3 Å². The molecule has 1 unspecified atom stereocenters. The van der Waals surface area contributed by atoms with Gasteiger partial charge in [0.15, 0.2) is 0 Å². The molecular weight excluding hydrogens is 336 g/mol. The molecule has 4 rings (SSSR count). The molecule has 2 aromatic rings. The molecule has 2 fully saturated rings. The summed E-state index contributed by atoms with van der Waals surface area (Å²) in [5.74, 6) is 1.19. The molecule has 2 aliphatic rings. The zero-order valence-corrected chi connectivity index (χ0v) is 15.6. The summed E-state index contributed by atoms with van der Waals surface area (Å²) in [7, 11) is 0. The van der Waals surface area contributed by atoms with Gasteiger partial charge in [-0.2, -0.15) is 0 Å². The molecule has 0 aromatic carbocycles. The number of nitrogens with zero attached hydrogens (tertiary/aromatic N) is 3. The molecule has 1 N–H and O–H groups in total. The number of aromatic nitrogens is 2. The Labute approximate surface area is 151 Å². The Morgan fingerprint density at radius 2 is 2.08 bits per heavy atom. The highest BCUT2D eigenvalue weighted by atomic mass is 32.1. The van der Waals surface area contributed by atoms with Gasteiger partial charge in [0, 0.05) is 37.2 Å². The number of fused-ring (bicyclic) bond motifs is 1. The van der Waals surface area contributed by atoms with Gasteiger partial charge < -0.3 is 15.0 Å². The third-order valence-corrected chi connectivity index (χ3v) is 6.49. The fourth-order valence-electron chi connectivity index (χ4n) is 3.73. The van der Waals surface area contributed by atoms with Crippen molar-refractivity contribution in [3.05, 3.63) is 16.8 Å². The highest BCUT2D eigenvalue weighted by molar-refractivity contribution is 7.18. The van der Waals surface area contributed by atoms with Crippen molar-refractivity contribution in [3.8, 4) is 0 Å². The minimum Gasteiger partial charge on any atom is -0.381 e. The summed E-state index contributed by atoms with van der Waals surface area (Å²) >= 11 is 1.71. The molecule has 0 bridgehead atoms. The van der Waals surface area contributed by atoms with Crippen LogP contribution in [-0.4, -0.2) is 48.2 Å². The number of hydrogen-bond acceptors (Lipinski definition) is 6. The minimum atomic E-state index is 0.0351. The monoisotopic (exact) mass is 360 g/mol. The molecular formula is C18H24N4O2S. The van der Waals surface area contributed by atoms with Crippen molar-refractivity contribution in [1.29, 1.82) is 0 Å². The summed E-state index contributed by atoms with van der Waals surface area (Å²) < 4.78 is 5.36. The van der Waals surface area contributed by atoms with Crippen molar-refractivity contribution in [2.45, 2.75) is 39.2 Å². The second-order valence-electron chi connectivity index (χ2n) is 6.99. The van der Waals surface area contributed by atoms with E-state index in [1.165, 1.54) is 10.4 Å². The Hall–Kier alpha value is -1.73. The Bertz CT molecular complexity index is 785. The molecule has 6 nitrogen and oxygen atoms in total. The van der Waals surface area contributed by atoms with Gasteiger partial charge >= 0.3 is 0 Å². The van der Waals surface area contributed by atoms with E-state index >= 15 is 0 Å². The lowest BCUT2D eigenvalue weighted by atomic mass is 10.1. The molecule has 0 saturated carbocycles. The summed E-state index contributed by atoms with van der Waals surface area (Å²) in [4.78, 5) is 26.1. The van der Waals surface area contributed by atoms with Gasteiger partial charge in [0.2, 0.25) is 5.91 Å². The van der Waals surface area contributed by atoms with E-state index in [-0.39, 0.29) is 17.9 Å². The lowest BCUT2D eigenvalue weighted by Crippen LogP contribution is -2.42. The third-order valence-electron chi connectivity index (χ3n) is 5.37. The molecule has 1 amide bonds.